The van der Waals surface area contributed by atoms with Crippen LogP contribution in [0.15, 0.2) is 30.2 Å². The summed E-state index contributed by atoms with van der Waals surface area (Å²) >= 11 is 0. The first kappa shape index (κ1) is 12.2. The Morgan fingerprint density at radius 2 is 2.31 bits per heavy atom. The number of allylic oxidation sites excluding steroid dienone is 2. The number of hydrogen-bond donors (Lipinski definition) is 1. The SMILES string of the molecule is C/C=C(\C)OCc1ccnc(NC(C)=O)c1. The molecule has 1 amide bonds. The van der Waals surface area contributed by atoms with Crippen LogP contribution in [0.4, 0.5) is 5.82 Å². The molecule has 0 radical (unpaired) electrons. The van der Waals surface area contributed by atoms with Gasteiger partial charge in [0.05, 0.1) is 5.76 Å². The van der Waals surface area contributed by atoms with E-state index >= 15 is 0 Å². The standard InChI is InChI=1S/C12H16N2O2/c1-4-9(2)16-8-11-5-6-13-12(7-11)14-10(3)15/h4-7H,8H2,1-3H3,(H,13,14,15)/b9-4+. The van der Waals surface area contributed by atoms with Crippen molar-refractivity contribution in [2.75, 3.05) is 5.32 Å². The summed E-state index contributed by atoms with van der Waals surface area (Å²) in [7, 11) is 0. The Bertz CT molecular complexity index is 400. The quantitative estimate of drug-likeness (QED) is 0.793. The van der Waals surface area contributed by atoms with Crippen LogP contribution in [0.5, 0.6) is 0 Å². The molecule has 0 saturated heterocycles. The predicted molar refractivity (Wildman–Crippen MR) is 62.8 cm³/mol. The number of amides is 1. The third kappa shape index (κ3) is 4.13. The monoisotopic (exact) mass is 220 g/mol. The Kier molecular flexibility index (Phi) is 4.51. The van der Waals surface area contributed by atoms with Gasteiger partial charge in [-0.25, -0.2) is 4.98 Å². The minimum absolute atomic E-state index is 0.129. The summed E-state index contributed by atoms with van der Waals surface area (Å²) in [5.74, 6) is 1.29. The van der Waals surface area contributed by atoms with Crippen molar-refractivity contribution in [2.24, 2.45) is 0 Å². The lowest BCUT2D eigenvalue weighted by Crippen LogP contribution is -2.07. The lowest BCUT2D eigenvalue weighted by atomic mass is 10.3. The second-order valence-corrected chi connectivity index (χ2v) is 3.42. The number of nitrogens with one attached hydrogen (secondary N) is 1. The van der Waals surface area contributed by atoms with Gasteiger partial charge in [-0.3, -0.25) is 4.79 Å². The van der Waals surface area contributed by atoms with Crippen LogP contribution in [0.25, 0.3) is 0 Å². The van der Waals surface area contributed by atoms with Gasteiger partial charge in [0.1, 0.15) is 12.4 Å². The second-order valence-electron chi connectivity index (χ2n) is 3.42. The summed E-state index contributed by atoms with van der Waals surface area (Å²) in [6, 6.07) is 3.65. The summed E-state index contributed by atoms with van der Waals surface area (Å²) < 4.78 is 5.46. The molecule has 0 aliphatic heterocycles. The van der Waals surface area contributed by atoms with Crippen molar-refractivity contribution in [3.05, 3.63) is 35.7 Å². The fourth-order valence-electron chi connectivity index (χ4n) is 1.09. The highest BCUT2D eigenvalue weighted by molar-refractivity contribution is 5.87. The van der Waals surface area contributed by atoms with E-state index in [0.29, 0.717) is 12.4 Å². The van der Waals surface area contributed by atoms with E-state index in [2.05, 4.69) is 10.3 Å². The van der Waals surface area contributed by atoms with Gasteiger partial charge in [-0.15, -0.1) is 0 Å². The van der Waals surface area contributed by atoms with E-state index in [1.807, 2.05) is 26.0 Å². The molecular weight excluding hydrogens is 204 g/mol. The summed E-state index contributed by atoms with van der Waals surface area (Å²) in [6.45, 7) is 5.75. The summed E-state index contributed by atoms with van der Waals surface area (Å²) in [6.07, 6.45) is 3.55. The Hall–Kier alpha value is -1.84. The number of hydrogen-bond acceptors (Lipinski definition) is 3. The molecule has 0 aliphatic rings. The Morgan fingerprint density at radius 1 is 1.56 bits per heavy atom. The highest BCUT2D eigenvalue weighted by atomic mass is 16.5. The van der Waals surface area contributed by atoms with Crippen LogP contribution in [0.3, 0.4) is 0 Å². The van der Waals surface area contributed by atoms with Crippen LogP contribution < -0.4 is 5.32 Å². The summed E-state index contributed by atoms with van der Waals surface area (Å²) in [5, 5.41) is 2.63. The van der Waals surface area contributed by atoms with Crippen LogP contribution in [-0.4, -0.2) is 10.9 Å². The first-order valence-electron chi connectivity index (χ1n) is 5.10. The first-order valence-corrected chi connectivity index (χ1v) is 5.10. The number of carbonyl (C=O) groups is 1. The van der Waals surface area contributed by atoms with Crippen LogP contribution in [0.2, 0.25) is 0 Å². The molecule has 0 bridgehead atoms. The molecule has 1 rings (SSSR count). The van der Waals surface area contributed by atoms with E-state index in [9.17, 15) is 4.79 Å². The van der Waals surface area contributed by atoms with Crippen molar-refractivity contribution in [3.8, 4) is 0 Å². The third-order valence-electron chi connectivity index (χ3n) is 2.00. The Balaban J connectivity index is 2.63. The maximum atomic E-state index is 10.8. The number of carbonyl (C=O) groups excluding carboxylic acids is 1. The van der Waals surface area contributed by atoms with E-state index in [-0.39, 0.29) is 5.91 Å². The molecule has 0 saturated carbocycles. The van der Waals surface area contributed by atoms with E-state index in [1.54, 1.807) is 12.3 Å². The molecule has 0 aromatic carbocycles. The number of nitrogens with zero attached hydrogens (tertiary/aromatic N) is 1. The molecule has 1 N–H and O–H groups in total. The highest BCUT2D eigenvalue weighted by Crippen LogP contribution is 2.09. The normalized spacial score (nSPS) is 11.1. The average molecular weight is 220 g/mol. The van der Waals surface area contributed by atoms with Crippen LogP contribution in [0, 0.1) is 0 Å². The van der Waals surface area contributed by atoms with Gasteiger partial charge in [0, 0.05) is 13.1 Å². The van der Waals surface area contributed by atoms with Gasteiger partial charge in [-0.05, 0) is 37.6 Å². The third-order valence-corrected chi connectivity index (χ3v) is 2.00. The van der Waals surface area contributed by atoms with Crippen LogP contribution in [0.1, 0.15) is 26.3 Å². The zero-order valence-electron chi connectivity index (χ0n) is 9.78. The topological polar surface area (TPSA) is 51.2 Å². The Labute approximate surface area is 95.3 Å². The van der Waals surface area contributed by atoms with Crippen molar-refractivity contribution < 1.29 is 9.53 Å². The molecule has 16 heavy (non-hydrogen) atoms. The van der Waals surface area contributed by atoms with E-state index < -0.39 is 0 Å². The number of aromatic nitrogens is 1. The summed E-state index contributed by atoms with van der Waals surface area (Å²) in [5.41, 5.74) is 0.972. The molecule has 1 heterocycles. The average Bonchev–Trinajstić information content (AvgIpc) is 2.25. The van der Waals surface area contributed by atoms with Gasteiger partial charge in [0.25, 0.3) is 0 Å². The molecular formula is C12H16N2O2. The molecule has 1 aromatic heterocycles. The van der Waals surface area contributed by atoms with Gasteiger partial charge in [0.2, 0.25) is 5.91 Å². The lowest BCUT2D eigenvalue weighted by molar-refractivity contribution is -0.114. The van der Waals surface area contributed by atoms with Gasteiger partial charge in [0.15, 0.2) is 0 Å². The zero-order chi connectivity index (χ0) is 12.0. The molecule has 0 unspecified atom stereocenters. The maximum absolute atomic E-state index is 10.8. The number of rotatable bonds is 4. The molecule has 86 valence electrons. The van der Waals surface area contributed by atoms with Crippen molar-refractivity contribution in [1.29, 1.82) is 0 Å². The minimum atomic E-state index is -0.129. The van der Waals surface area contributed by atoms with E-state index in [0.717, 1.165) is 11.3 Å². The van der Waals surface area contributed by atoms with Gasteiger partial charge < -0.3 is 10.1 Å². The lowest BCUT2D eigenvalue weighted by Gasteiger charge is -2.07. The van der Waals surface area contributed by atoms with Crippen molar-refractivity contribution >= 4 is 11.7 Å². The molecule has 0 spiro atoms. The van der Waals surface area contributed by atoms with Crippen LogP contribution in [-0.2, 0) is 16.1 Å². The van der Waals surface area contributed by atoms with E-state index in [1.165, 1.54) is 6.92 Å². The number of pyridine rings is 1. The van der Waals surface area contributed by atoms with Crippen molar-refractivity contribution in [3.63, 3.8) is 0 Å². The minimum Gasteiger partial charge on any atom is -0.494 e. The Morgan fingerprint density at radius 3 is 2.94 bits per heavy atom. The smallest absolute Gasteiger partial charge is 0.222 e. The zero-order valence-corrected chi connectivity index (χ0v) is 9.78. The number of anilines is 1. The van der Waals surface area contributed by atoms with Crippen molar-refractivity contribution in [2.45, 2.75) is 27.4 Å². The van der Waals surface area contributed by atoms with Gasteiger partial charge >= 0.3 is 0 Å². The molecule has 0 atom stereocenters. The molecule has 4 heteroatoms. The highest BCUT2D eigenvalue weighted by Gasteiger charge is 1.99. The largest absolute Gasteiger partial charge is 0.494 e. The fraction of sp³-hybridized carbons (Fsp3) is 0.333. The fourth-order valence-corrected chi connectivity index (χ4v) is 1.09. The maximum Gasteiger partial charge on any atom is 0.222 e. The molecule has 4 nitrogen and oxygen atoms in total. The molecule has 0 aliphatic carbocycles. The van der Waals surface area contributed by atoms with Crippen molar-refractivity contribution in [1.82, 2.24) is 4.98 Å². The predicted octanol–water partition coefficient (Wildman–Crippen LogP) is 2.48. The second kappa shape index (κ2) is 5.90. The van der Waals surface area contributed by atoms with Crippen LogP contribution >= 0.6 is 0 Å². The first-order chi connectivity index (χ1) is 7.61. The van der Waals surface area contributed by atoms with Gasteiger partial charge in [-0.1, -0.05) is 0 Å². The molecule has 1 aromatic rings. The summed E-state index contributed by atoms with van der Waals surface area (Å²) in [4.78, 5) is 14.9. The van der Waals surface area contributed by atoms with Gasteiger partial charge in [-0.2, -0.15) is 0 Å². The van der Waals surface area contributed by atoms with E-state index in [4.69, 9.17) is 4.74 Å². The molecule has 0 fully saturated rings. The number of ether oxygens (including phenoxy) is 1.